The van der Waals surface area contributed by atoms with Gasteiger partial charge in [-0.3, -0.25) is 19.7 Å². The molecule has 2 rings (SSSR count). The number of hydrogen-bond acceptors (Lipinski definition) is 6. The highest BCUT2D eigenvalue weighted by Crippen LogP contribution is 2.21. The summed E-state index contributed by atoms with van der Waals surface area (Å²) in [5.41, 5.74) is 0.708. The fraction of sp³-hybridized carbons (Fsp3) is 0.429. The van der Waals surface area contributed by atoms with Crippen LogP contribution < -0.4 is 0 Å². The van der Waals surface area contributed by atoms with E-state index < -0.39 is 4.92 Å². The second kappa shape index (κ2) is 7.26. The van der Waals surface area contributed by atoms with Crippen molar-refractivity contribution in [1.82, 2.24) is 4.90 Å². The van der Waals surface area contributed by atoms with E-state index in [-0.39, 0.29) is 29.2 Å². The van der Waals surface area contributed by atoms with Crippen LogP contribution in [0.3, 0.4) is 0 Å². The summed E-state index contributed by atoms with van der Waals surface area (Å²) in [6, 6.07) is 5.91. The number of esters is 1. The summed E-state index contributed by atoms with van der Waals surface area (Å²) in [4.78, 5) is 35.6. The summed E-state index contributed by atoms with van der Waals surface area (Å²) >= 11 is 1.49. The lowest BCUT2D eigenvalue weighted by atomic mass is 10.1. The maximum atomic E-state index is 12.3. The van der Waals surface area contributed by atoms with Crippen molar-refractivity contribution in [2.45, 2.75) is 11.7 Å². The number of carbonyl (C=O) groups is 2. The number of thioether (sulfide) groups is 1. The van der Waals surface area contributed by atoms with Crippen molar-refractivity contribution in [3.05, 3.63) is 39.9 Å². The van der Waals surface area contributed by atoms with Gasteiger partial charge in [-0.25, -0.2) is 0 Å². The third-order valence-corrected chi connectivity index (χ3v) is 4.55. The number of nitro groups is 1. The highest BCUT2D eigenvalue weighted by atomic mass is 32.2. The van der Waals surface area contributed by atoms with Crippen LogP contribution in [0.25, 0.3) is 0 Å². The zero-order valence-corrected chi connectivity index (χ0v) is 12.9. The van der Waals surface area contributed by atoms with E-state index in [1.165, 1.54) is 31.0 Å². The van der Waals surface area contributed by atoms with Gasteiger partial charge in [0.2, 0.25) is 5.91 Å². The number of nitro benzene ring substituents is 1. The van der Waals surface area contributed by atoms with E-state index in [1.54, 1.807) is 17.0 Å². The molecule has 22 heavy (non-hydrogen) atoms. The lowest BCUT2D eigenvalue weighted by Crippen LogP contribution is -2.45. The fourth-order valence-electron chi connectivity index (χ4n) is 2.17. The number of benzene rings is 1. The maximum absolute atomic E-state index is 12.3. The molecule has 1 aromatic rings. The van der Waals surface area contributed by atoms with Crippen molar-refractivity contribution in [2.24, 2.45) is 0 Å². The Morgan fingerprint density at radius 3 is 2.68 bits per heavy atom. The molecular formula is C14H16N2O5S. The minimum absolute atomic E-state index is 0.00340. The Morgan fingerprint density at radius 2 is 2.09 bits per heavy atom. The zero-order chi connectivity index (χ0) is 16.1. The third-order valence-electron chi connectivity index (χ3n) is 3.39. The van der Waals surface area contributed by atoms with E-state index in [1.807, 2.05) is 0 Å². The van der Waals surface area contributed by atoms with Gasteiger partial charge in [0.05, 0.1) is 18.5 Å². The van der Waals surface area contributed by atoms with Crippen LogP contribution in [0.5, 0.6) is 0 Å². The molecule has 1 heterocycles. The lowest BCUT2D eigenvalue weighted by molar-refractivity contribution is -0.384. The van der Waals surface area contributed by atoms with Gasteiger partial charge in [-0.1, -0.05) is 12.1 Å². The molecule has 1 aromatic carbocycles. The first-order valence-electron chi connectivity index (χ1n) is 6.72. The predicted octanol–water partition coefficient (Wildman–Crippen LogP) is 1.25. The Labute approximate surface area is 131 Å². The third kappa shape index (κ3) is 3.97. The van der Waals surface area contributed by atoms with E-state index in [0.29, 0.717) is 24.4 Å². The summed E-state index contributed by atoms with van der Waals surface area (Å²) in [6.07, 6.45) is 0.163. The van der Waals surface area contributed by atoms with Gasteiger partial charge in [-0.2, -0.15) is 0 Å². The van der Waals surface area contributed by atoms with Crippen molar-refractivity contribution < 1.29 is 19.2 Å². The molecular weight excluding hydrogens is 308 g/mol. The molecule has 1 fully saturated rings. The second-order valence-electron chi connectivity index (χ2n) is 4.82. The van der Waals surface area contributed by atoms with Gasteiger partial charge < -0.3 is 9.64 Å². The average molecular weight is 324 g/mol. The predicted molar refractivity (Wildman–Crippen MR) is 81.6 cm³/mol. The SMILES string of the molecule is COC(=O)[C@H]1CN(C(=O)Cc2ccc([N+](=O)[O-])cc2)CCS1. The standard InChI is InChI=1S/C14H16N2O5S/c1-21-14(18)12-9-15(6-7-22-12)13(17)8-10-2-4-11(5-3-10)16(19)20/h2-5,12H,6-9H2,1H3/t12-/m1/s1. The van der Waals surface area contributed by atoms with Gasteiger partial charge in [-0.05, 0) is 5.56 Å². The number of methoxy groups -OCH3 is 1. The summed E-state index contributed by atoms with van der Waals surface area (Å²) in [6.45, 7) is 0.924. The van der Waals surface area contributed by atoms with Crippen molar-refractivity contribution in [1.29, 1.82) is 0 Å². The van der Waals surface area contributed by atoms with Crippen LogP contribution >= 0.6 is 11.8 Å². The molecule has 0 spiro atoms. The topological polar surface area (TPSA) is 89.8 Å². The van der Waals surface area contributed by atoms with Crippen LogP contribution in [0, 0.1) is 10.1 Å². The van der Waals surface area contributed by atoms with Crippen molar-refractivity contribution in [3.8, 4) is 0 Å². The molecule has 0 radical (unpaired) electrons. The maximum Gasteiger partial charge on any atom is 0.320 e. The molecule has 118 valence electrons. The molecule has 0 N–H and O–H groups in total. The Bertz CT molecular complexity index is 575. The highest BCUT2D eigenvalue weighted by Gasteiger charge is 2.29. The summed E-state index contributed by atoms with van der Waals surface area (Å²) in [5, 5.41) is 10.2. The highest BCUT2D eigenvalue weighted by molar-refractivity contribution is 8.00. The minimum Gasteiger partial charge on any atom is -0.468 e. The lowest BCUT2D eigenvalue weighted by Gasteiger charge is -2.31. The van der Waals surface area contributed by atoms with Gasteiger partial charge in [0.1, 0.15) is 5.25 Å². The minimum atomic E-state index is -0.478. The molecule has 1 saturated heterocycles. The van der Waals surface area contributed by atoms with E-state index in [0.717, 1.165) is 0 Å². The van der Waals surface area contributed by atoms with Crippen LogP contribution in [-0.2, 0) is 20.7 Å². The number of carbonyl (C=O) groups excluding carboxylic acids is 2. The number of rotatable bonds is 4. The zero-order valence-electron chi connectivity index (χ0n) is 12.1. The Kier molecular flexibility index (Phi) is 5.37. The van der Waals surface area contributed by atoms with Crippen molar-refractivity contribution in [2.75, 3.05) is 26.0 Å². The molecule has 0 bridgehead atoms. The van der Waals surface area contributed by atoms with Gasteiger partial charge in [0.25, 0.3) is 5.69 Å². The molecule has 1 atom stereocenters. The average Bonchev–Trinajstić information content (AvgIpc) is 2.54. The monoisotopic (exact) mass is 324 g/mol. The molecule has 1 aliphatic heterocycles. The Hall–Kier alpha value is -2.09. The molecule has 0 unspecified atom stereocenters. The van der Waals surface area contributed by atoms with Gasteiger partial charge in [-0.15, -0.1) is 11.8 Å². The van der Waals surface area contributed by atoms with E-state index >= 15 is 0 Å². The molecule has 1 aliphatic rings. The van der Waals surface area contributed by atoms with Gasteiger partial charge >= 0.3 is 5.97 Å². The molecule has 0 aromatic heterocycles. The van der Waals surface area contributed by atoms with E-state index in [2.05, 4.69) is 0 Å². The summed E-state index contributed by atoms with van der Waals surface area (Å²) in [7, 11) is 1.33. The van der Waals surface area contributed by atoms with Gasteiger partial charge in [0.15, 0.2) is 0 Å². The Morgan fingerprint density at radius 1 is 1.41 bits per heavy atom. The van der Waals surface area contributed by atoms with Gasteiger partial charge in [0, 0.05) is 31.0 Å². The molecule has 8 heteroatoms. The Balaban J connectivity index is 1.96. The van der Waals surface area contributed by atoms with Crippen LogP contribution in [0.1, 0.15) is 5.56 Å². The number of nitrogens with zero attached hydrogens (tertiary/aromatic N) is 2. The first kappa shape index (κ1) is 16.3. The van der Waals surface area contributed by atoms with Crippen LogP contribution in [-0.4, -0.2) is 52.9 Å². The first-order valence-corrected chi connectivity index (χ1v) is 7.76. The van der Waals surface area contributed by atoms with Crippen LogP contribution in [0.15, 0.2) is 24.3 Å². The molecule has 0 saturated carbocycles. The molecule has 1 amide bonds. The second-order valence-corrected chi connectivity index (χ2v) is 6.13. The smallest absolute Gasteiger partial charge is 0.320 e. The normalized spacial score (nSPS) is 17.9. The van der Waals surface area contributed by atoms with Crippen LogP contribution in [0.2, 0.25) is 0 Å². The quantitative estimate of drug-likeness (QED) is 0.470. The number of amides is 1. The summed E-state index contributed by atoms with van der Waals surface area (Å²) in [5.74, 6) is 0.270. The van der Waals surface area contributed by atoms with Crippen molar-refractivity contribution >= 4 is 29.3 Å². The molecule has 0 aliphatic carbocycles. The van der Waals surface area contributed by atoms with Crippen molar-refractivity contribution in [3.63, 3.8) is 0 Å². The number of hydrogen-bond donors (Lipinski definition) is 0. The first-order chi connectivity index (χ1) is 10.5. The number of non-ortho nitro benzene ring substituents is 1. The summed E-state index contributed by atoms with van der Waals surface area (Å²) < 4.78 is 4.71. The van der Waals surface area contributed by atoms with Crippen LogP contribution in [0.4, 0.5) is 5.69 Å². The van der Waals surface area contributed by atoms with E-state index in [9.17, 15) is 19.7 Å². The molecule has 7 nitrogen and oxygen atoms in total. The number of ether oxygens (including phenoxy) is 1. The fourth-order valence-corrected chi connectivity index (χ4v) is 3.30. The largest absolute Gasteiger partial charge is 0.468 e. The van der Waals surface area contributed by atoms with E-state index in [4.69, 9.17) is 4.74 Å².